The molecule has 2 aromatic heterocycles. The van der Waals surface area contributed by atoms with Gasteiger partial charge >= 0.3 is 0 Å². The Labute approximate surface area is 202 Å². The van der Waals surface area contributed by atoms with Crippen molar-refractivity contribution in [2.24, 2.45) is 0 Å². The van der Waals surface area contributed by atoms with Crippen LogP contribution in [0.5, 0.6) is 5.75 Å². The maximum absolute atomic E-state index is 10.8. The number of benzene rings is 4. The fourth-order valence-electron chi connectivity index (χ4n) is 4.65. The molecular formula is C30H20N4O. The van der Waals surface area contributed by atoms with Gasteiger partial charge in [-0.05, 0) is 47.5 Å². The minimum atomic E-state index is 0.112. The molecule has 6 aromatic rings. The molecule has 5 nitrogen and oxygen atoms in total. The molecule has 35 heavy (non-hydrogen) atoms. The number of aromatic hydroxyl groups is 1. The molecule has 166 valence electrons. The zero-order chi connectivity index (χ0) is 23.9. The van der Waals surface area contributed by atoms with E-state index in [0.717, 1.165) is 33.1 Å². The van der Waals surface area contributed by atoms with Crippen LogP contribution in [0.4, 0.5) is 5.69 Å². The standard InChI is InChI=1S/C30H20N4O/c1-19-26-27(24-14-8-9-15-25(24)35)29(31-2)28(22-17-16-20-10-6-7-11-21(20)18-22)32-30(26)34(33-19)23-12-4-3-5-13-23/h3-18,35H,1H3. The zero-order valence-corrected chi connectivity index (χ0v) is 19.0. The lowest BCUT2D eigenvalue weighted by Crippen LogP contribution is -1.99. The number of hydrogen-bond donors (Lipinski definition) is 1. The molecule has 0 aliphatic heterocycles. The first kappa shape index (κ1) is 20.6. The first-order valence-corrected chi connectivity index (χ1v) is 11.3. The molecule has 0 radical (unpaired) electrons. The lowest BCUT2D eigenvalue weighted by Gasteiger charge is -2.14. The lowest BCUT2D eigenvalue weighted by molar-refractivity contribution is 0.477. The van der Waals surface area contributed by atoms with Crippen molar-refractivity contribution in [3.05, 3.63) is 114 Å². The largest absolute Gasteiger partial charge is 0.507 e. The van der Waals surface area contributed by atoms with Gasteiger partial charge < -0.3 is 5.11 Å². The molecule has 2 heterocycles. The molecule has 0 fully saturated rings. The Hall–Kier alpha value is -4.95. The first-order chi connectivity index (χ1) is 17.2. The summed E-state index contributed by atoms with van der Waals surface area (Å²) in [5.74, 6) is 0.112. The SMILES string of the molecule is [C-]#[N+]c1c(-c2ccc3ccccc3c2)nc2c(c(C)nn2-c2ccccc2)c1-c1ccccc1O. The molecule has 0 saturated carbocycles. The van der Waals surface area contributed by atoms with Gasteiger partial charge in [0.05, 0.1) is 23.6 Å². The van der Waals surface area contributed by atoms with Gasteiger partial charge in [0.1, 0.15) is 5.75 Å². The number of phenols is 1. The van der Waals surface area contributed by atoms with Crippen LogP contribution in [0.15, 0.2) is 97.1 Å². The van der Waals surface area contributed by atoms with Crippen molar-refractivity contribution in [3.8, 4) is 33.8 Å². The van der Waals surface area contributed by atoms with E-state index in [1.807, 2.05) is 78.3 Å². The van der Waals surface area contributed by atoms with E-state index < -0.39 is 0 Å². The number of aryl methyl sites for hydroxylation is 1. The molecule has 1 N–H and O–H groups in total. The smallest absolute Gasteiger partial charge is 0.221 e. The van der Waals surface area contributed by atoms with E-state index in [9.17, 15) is 5.11 Å². The predicted octanol–water partition coefficient (Wildman–Crippen LogP) is 7.47. The van der Waals surface area contributed by atoms with Gasteiger partial charge in [0.25, 0.3) is 0 Å². The van der Waals surface area contributed by atoms with Gasteiger partial charge in [-0.2, -0.15) is 5.10 Å². The Morgan fingerprint density at radius 1 is 0.829 bits per heavy atom. The third-order valence-corrected chi connectivity index (χ3v) is 6.27. The van der Waals surface area contributed by atoms with E-state index in [0.29, 0.717) is 28.2 Å². The minimum Gasteiger partial charge on any atom is -0.507 e. The maximum atomic E-state index is 10.8. The number of phenolic OH excluding ortho intramolecular Hbond substituents is 1. The molecule has 0 amide bonds. The number of hydrogen-bond acceptors (Lipinski definition) is 3. The van der Waals surface area contributed by atoms with Crippen LogP contribution in [-0.4, -0.2) is 19.9 Å². The van der Waals surface area contributed by atoms with Gasteiger partial charge in [0, 0.05) is 16.5 Å². The van der Waals surface area contributed by atoms with Crippen molar-refractivity contribution in [2.45, 2.75) is 6.92 Å². The summed E-state index contributed by atoms with van der Waals surface area (Å²) in [5.41, 5.74) is 5.29. The molecule has 4 aromatic carbocycles. The molecule has 0 unspecified atom stereocenters. The van der Waals surface area contributed by atoms with Crippen molar-refractivity contribution in [2.75, 3.05) is 0 Å². The molecule has 0 aliphatic rings. The summed E-state index contributed by atoms with van der Waals surface area (Å²) in [6, 6.07) is 31.2. The summed E-state index contributed by atoms with van der Waals surface area (Å²) in [4.78, 5) is 9.00. The van der Waals surface area contributed by atoms with Crippen LogP contribution < -0.4 is 0 Å². The average molecular weight is 453 g/mol. The van der Waals surface area contributed by atoms with E-state index in [1.54, 1.807) is 12.1 Å². The van der Waals surface area contributed by atoms with Crippen LogP contribution in [0.1, 0.15) is 5.69 Å². The summed E-state index contributed by atoms with van der Waals surface area (Å²) < 4.78 is 1.81. The van der Waals surface area contributed by atoms with Gasteiger partial charge in [0.2, 0.25) is 5.69 Å². The van der Waals surface area contributed by atoms with E-state index in [2.05, 4.69) is 23.0 Å². The molecule has 0 saturated heterocycles. The molecular weight excluding hydrogens is 432 g/mol. The second-order valence-corrected chi connectivity index (χ2v) is 8.41. The highest BCUT2D eigenvalue weighted by molar-refractivity contribution is 6.07. The minimum absolute atomic E-state index is 0.112. The van der Waals surface area contributed by atoms with Crippen LogP contribution in [0.2, 0.25) is 0 Å². The quantitative estimate of drug-likeness (QED) is 0.283. The number of rotatable bonds is 3. The lowest BCUT2D eigenvalue weighted by atomic mass is 9.95. The molecule has 0 aliphatic carbocycles. The maximum Gasteiger partial charge on any atom is 0.221 e. The fraction of sp³-hybridized carbons (Fsp3) is 0.0333. The Balaban J connectivity index is 1.77. The summed E-state index contributed by atoms with van der Waals surface area (Å²) in [6.07, 6.45) is 0. The molecule has 5 heteroatoms. The zero-order valence-electron chi connectivity index (χ0n) is 19.0. The Morgan fingerprint density at radius 3 is 2.31 bits per heavy atom. The average Bonchev–Trinajstić information content (AvgIpc) is 3.24. The van der Waals surface area contributed by atoms with Crippen molar-refractivity contribution < 1.29 is 5.11 Å². The first-order valence-electron chi connectivity index (χ1n) is 11.3. The van der Waals surface area contributed by atoms with E-state index in [1.165, 1.54) is 0 Å². The highest BCUT2D eigenvalue weighted by atomic mass is 16.3. The van der Waals surface area contributed by atoms with E-state index in [4.69, 9.17) is 16.7 Å². The van der Waals surface area contributed by atoms with Crippen LogP contribution in [-0.2, 0) is 0 Å². The monoisotopic (exact) mass is 452 g/mol. The number of pyridine rings is 1. The van der Waals surface area contributed by atoms with Crippen molar-refractivity contribution in [3.63, 3.8) is 0 Å². The molecule has 0 bridgehead atoms. The number of para-hydroxylation sites is 2. The summed E-state index contributed by atoms with van der Waals surface area (Å²) in [6.45, 7) is 10.1. The summed E-state index contributed by atoms with van der Waals surface area (Å²) >= 11 is 0. The van der Waals surface area contributed by atoms with Crippen molar-refractivity contribution in [1.29, 1.82) is 0 Å². The van der Waals surface area contributed by atoms with E-state index >= 15 is 0 Å². The number of aromatic nitrogens is 3. The normalized spacial score (nSPS) is 11.1. The second kappa shape index (κ2) is 8.12. The van der Waals surface area contributed by atoms with Gasteiger partial charge in [0.15, 0.2) is 5.65 Å². The second-order valence-electron chi connectivity index (χ2n) is 8.41. The summed E-state index contributed by atoms with van der Waals surface area (Å²) in [5, 5.41) is 18.6. The molecule has 0 atom stereocenters. The molecule has 6 rings (SSSR count). The van der Waals surface area contributed by atoms with E-state index in [-0.39, 0.29) is 5.75 Å². The molecule has 0 spiro atoms. The third kappa shape index (κ3) is 3.32. The van der Waals surface area contributed by atoms with Crippen LogP contribution in [0.25, 0.3) is 54.7 Å². The predicted molar refractivity (Wildman–Crippen MR) is 140 cm³/mol. The van der Waals surface area contributed by atoms with Gasteiger partial charge in [-0.1, -0.05) is 72.8 Å². The van der Waals surface area contributed by atoms with Gasteiger partial charge in [-0.25, -0.2) is 14.5 Å². The van der Waals surface area contributed by atoms with Crippen molar-refractivity contribution in [1.82, 2.24) is 14.8 Å². The Bertz CT molecular complexity index is 1780. The number of nitrogens with zero attached hydrogens (tertiary/aromatic N) is 4. The van der Waals surface area contributed by atoms with Gasteiger partial charge in [-0.3, -0.25) is 0 Å². The third-order valence-electron chi connectivity index (χ3n) is 6.27. The van der Waals surface area contributed by atoms with Crippen molar-refractivity contribution >= 4 is 27.5 Å². The topological polar surface area (TPSA) is 55.3 Å². The van der Waals surface area contributed by atoms with Crippen LogP contribution in [0, 0.1) is 13.5 Å². The highest BCUT2D eigenvalue weighted by Gasteiger charge is 2.25. The van der Waals surface area contributed by atoms with Crippen LogP contribution >= 0.6 is 0 Å². The highest BCUT2D eigenvalue weighted by Crippen LogP contribution is 2.46. The Kier molecular flexibility index (Phi) is 4.79. The fourth-order valence-corrected chi connectivity index (χ4v) is 4.65. The van der Waals surface area contributed by atoms with Crippen LogP contribution in [0.3, 0.4) is 0 Å². The summed E-state index contributed by atoms with van der Waals surface area (Å²) in [7, 11) is 0. The Morgan fingerprint density at radius 2 is 1.54 bits per heavy atom. The van der Waals surface area contributed by atoms with Gasteiger partial charge in [-0.15, -0.1) is 0 Å². The number of fused-ring (bicyclic) bond motifs is 2.